The highest BCUT2D eigenvalue weighted by Crippen LogP contribution is 2.35. The number of ketones is 1. The van der Waals surface area contributed by atoms with E-state index in [0.717, 1.165) is 0 Å². The van der Waals surface area contributed by atoms with Gasteiger partial charge >= 0.3 is 0 Å². The summed E-state index contributed by atoms with van der Waals surface area (Å²) >= 11 is 18.2. The van der Waals surface area contributed by atoms with Crippen LogP contribution in [0.3, 0.4) is 0 Å². The Morgan fingerprint density at radius 2 is 1.61 bits per heavy atom. The monoisotopic (exact) mass is 298 g/mol. The van der Waals surface area contributed by atoms with E-state index in [0.29, 0.717) is 26.7 Å². The Balaban J connectivity index is 2.56. The summed E-state index contributed by atoms with van der Waals surface area (Å²) in [5.41, 5.74) is 1.55. The average molecular weight is 300 g/mol. The molecule has 2 rings (SSSR count). The van der Waals surface area contributed by atoms with E-state index in [9.17, 15) is 4.79 Å². The summed E-state index contributed by atoms with van der Waals surface area (Å²) in [6.45, 7) is 1.76. The van der Waals surface area contributed by atoms with E-state index in [-0.39, 0.29) is 10.8 Å². The zero-order valence-corrected chi connectivity index (χ0v) is 11.8. The van der Waals surface area contributed by atoms with E-state index in [2.05, 4.69) is 0 Å². The molecule has 0 aliphatic heterocycles. The number of halogens is 3. The number of hydrogen-bond donors (Lipinski definition) is 0. The van der Waals surface area contributed by atoms with Crippen molar-refractivity contribution in [1.29, 1.82) is 0 Å². The maximum atomic E-state index is 12.3. The maximum Gasteiger partial charge on any atom is 0.194 e. The third kappa shape index (κ3) is 2.39. The zero-order valence-electron chi connectivity index (χ0n) is 9.51. The number of rotatable bonds is 2. The van der Waals surface area contributed by atoms with Crippen molar-refractivity contribution < 1.29 is 4.79 Å². The Morgan fingerprint density at radius 3 is 2.22 bits per heavy atom. The number of hydrogen-bond acceptors (Lipinski definition) is 1. The van der Waals surface area contributed by atoms with Crippen LogP contribution in [-0.4, -0.2) is 5.78 Å². The van der Waals surface area contributed by atoms with Crippen LogP contribution < -0.4 is 0 Å². The lowest BCUT2D eigenvalue weighted by atomic mass is 10.0. The largest absolute Gasteiger partial charge is 0.289 e. The molecule has 0 aliphatic rings. The van der Waals surface area contributed by atoms with Crippen LogP contribution in [0.1, 0.15) is 21.5 Å². The molecule has 0 fully saturated rings. The van der Waals surface area contributed by atoms with Crippen LogP contribution in [0.5, 0.6) is 0 Å². The molecule has 0 aliphatic carbocycles. The summed E-state index contributed by atoms with van der Waals surface area (Å²) in [6.07, 6.45) is 0. The first-order valence-electron chi connectivity index (χ1n) is 5.26. The first kappa shape index (κ1) is 13.4. The highest BCUT2D eigenvalue weighted by molar-refractivity contribution is 6.46. The van der Waals surface area contributed by atoms with Crippen LogP contribution in [0.2, 0.25) is 15.1 Å². The number of carbonyl (C=O) groups excluding carboxylic acids is 1. The number of carbonyl (C=O) groups is 1. The van der Waals surface area contributed by atoms with E-state index >= 15 is 0 Å². The van der Waals surface area contributed by atoms with Crippen LogP contribution in [0.15, 0.2) is 36.4 Å². The second kappa shape index (κ2) is 5.31. The van der Waals surface area contributed by atoms with Gasteiger partial charge < -0.3 is 0 Å². The summed E-state index contributed by atoms with van der Waals surface area (Å²) in [5, 5.41) is 1.000. The summed E-state index contributed by atoms with van der Waals surface area (Å²) in [5.74, 6) is -0.190. The van der Waals surface area contributed by atoms with Gasteiger partial charge in [0, 0.05) is 16.1 Å². The molecule has 0 atom stereocenters. The molecule has 4 heteroatoms. The van der Waals surface area contributed by atoms with Crippen molar-refractivity contribution in [2.45, 2.75) is 6.92 Å². The molecule has 1 nitrogen and oxygen atoms in total. The topological polar surface area (TPSA) is 17.1 Å². The standard InChI is InChI=1S/C14H9Cl3O/c1-8-11(15)7-10(13(17)12(8)16)14(18)9-5-3-2-4-6-9/h2-7H,1H3. The van der Waals surface area contributed by atoms with Gasteiger partial charge in [-0.3, -0.25) is 4.79 Å². The molecule has 0 spiro atoms. The summed E-state index contributed by atoms with van der Waals surface area (Å²) in [4.78, 5) is 12.3. The predicted molar refractivity (Wildman–Crippen MR) is 76.1 cm³/mol. The van der Waals surface area contributed by atoms with E-state index in [1.165, 1.54) is 0 Å². The molecule has 0 amide bonds. The van der Waals surface area contributed by atoms with E-state index in [4.69, 9.17) is 34.8 Å². The van der Waals surface area contributed by atoms with Gasteiger partial charge in [0.05, 0.1) is 10.0 Å². The summed E-state index contributed by atoms with van der Waals surface area (Å²) in [6, 6.07) is 10.4. The van der Waals surface area contributed by atoms with Crippen molar-refractivity contribution in [1.82, 2.24) is 0 Å². The van der Waals surface area contributed by atoms with Crippen molar-refractivity contribution in [2.75, 3.05) is 0 Å². The predicted octanol–water partition coefficient (Wildman–Crippen LogP) is 5.19. The lowest BCUT2D eigenvalue weighted by molar-refractivity contribution is 0.103. The lowest BCUT2D eigenvalue weighted by Crippen LogP contribution is -2.03. The second-order valence-corrected chi connectivity index (χ2v) is 5.02. The van der Waals surface area contributed by atoms with Gasteiger partial charge in [0.25, 0.3) is 0 Å². The van der Waals surface area contributed by atoms with Crippen molar-refractivity contribution in [3.8, 4) is 0 Å². The molecule has 0 heterocycles. The smallest absolute Gasteiger partial charge is 0.194 e. The van der Waals surface area contributed by atoms with E-state index in [1.807, 2.05) is 6.07 Å². The highest BCUT2D eigenvalue weighted by atomic mass is 35.5. The highest BCUT2D eigenvalue weighted by Gasteiger charge is 2.18. The van der Waals surface area contributed by atoms with Gasteiger partial charge in [-0.05, 0) is 18.6 Å². The molecule has 2 aromatic rings. The molecule has 0 saturated heterocycles. The summed E-state index contributed by atoms with van der Waals surface area (Å²) in [7, 11) is 0. The molecule has 0 aromatic heterocycles. The Bertz CT molecular complexity index is 606. The Hall–Kier alpha value is -1.02. The molecule has 0 saturated carbocycles. The summed E-state index contributed by atoms with van der Waals surface area (Å²) < 4.78 is 0. The zero-order chi connectivity index (χ0) is 13.3. The fraction of sp³-hybridized carbons (Fsp3) is 0.0714. The first-order chi connectivity index (χ1) is 8.52. The van der Waals surface area contributed by atoms with Crippen LogP contribution in [0, 0.1) is 6.92 Å². The molecule has 92 valence electrons. The van der Waals surface area contributed by atoms with Gasteiger partial charge in [-0.15, -0.1) is 0 Å². The van der Waals surface area contributed by atoms with E-state index < -0.39 is 0 Å². The second-order valence-electron chi connectivity index (χ2n) is 3.85. The minimum absolute atomic E-state index is 0.190. The SMILES string of the molecule is Cc1c(Cl)cc(C(=O)c2ccccc2)c(Cl)c1Cl. The Kier molecular flexibility index (Phi) is 3.96. The minimum Gasteiger partial charge on any atom is -0.289 e. The van der Waals surface area contributed by atoms with Gasteiger partial charge in [0.2, 0.25) is 0 Å². The molecule has 2 aromatic carbocycles. The molecular formula is C14H9Cl3O. The third-order valence-electron chi connectivity index (χ3n) is 2.67. The molecule has 0 bridgehead atoms. The quantitative estimate of drug-likeness (QED) is 0.551. The fourth-order valence-electron chi connectivity index (χ4n) is 1.60. The van der Waals surface area contributed by atoms with Gasteiger partial charge in [-0.1, -0.05) is 65.1 Å². The van der Waals surface area contributed by atoms with Gasteiger partial charge in [0.15, 0.2) is 5.78 Å². The normalized spacial score (nSPS) is 10.4. The van der Waals surface area contributed by atoms with Gasteiger partial charge in [-0.25, -0.2) is 0 Å². The third-order valence-corrected chi connectivity index (χ3v) is 4.02. The molecule has 0 N–H and O–H groups in total. The van der Waals surface area contributed by atoms with Crippen LogP contribution >= 0.6 is 34.8 Å². The van der Waals surface area contributed by atoms with E-state index in [1.54, 1.807) is 37.3 Å². The van der Waals surface area contributed by atoms with Gasteiger partial charge in [0.1, 0.15) is 0 Å². The molecule has 0 radical (unpaired) electrons. The number of benzene rings is 2. The average Bonchev–Trinajstić information content (AvgIpc) is 2.41. The molecule has 18 heavy (non-hydrogen) atoms. The minimum atomic E-state index is -0.190. The Morgan fingerprint density at radius 1 is 1.00 bits per heavy atom. The fourth-order valence-corrected chi connectivity index (χ4v) is 2.33. The van der Waals surface area contributed by atoms with Gasteiger partial charge in [-0.2, -0.15) is 0 Å². The molecular weight excluding hydrogens is 291 g/mol. The maximum absolute atomic E-state index is 12.3. The van der Waals surface area contributed by atoms with Crippen molar-refractivity contribution in [3.05, 3.63) is 68.2 Å². The van der Waals surface area contributed by atoms with Crippen molar-refractivity contribution in [2.24, 2.45) is 0 Å². The van der Waals surface area contributed by atoms with Crippen LogP contribution in [-0.2, 0) is 0 Å². The van der Waals surface area contributed by atoms with Crippen LogP contribution in [0.25, 0.3) is 0 Å². The van der Waals surface area contributed by atoms with Crippen LogP contribution in [0.4, 0.5) is 0 Å². The molecule has 0 unspecified atom stereocenters. The van der Waals surface area contributed by atoms with Crippen molar-refractivity contribution >= 4 is 40.6 Å². The first-order valence-corrected chi connectivity index (χ1v) is 6.39. The lowest BCUT2D eigenvalue weighted by Gasteiger charge is -2.09. The van der Waals surface area contributed by atoms with Crippen molar-refractivity contribution in [3.63, 3.8) is 0 Å². The Labute approximate surface area is 120 Å².